The van der Waals surface area contributed by atoms with Crippen molar-refractivity contribution in [3.63, 3.8) is 0 Å². The first-order chi connectivity index (χ1) is 17.0. The molecular weight excluding hydrogens is 456 g/mol. The molecule has 0 saturated carbocycles. The van der Waals surface area contributed by atoms with Crippen molar-refractivity contribution >= 4 is 15.7 Å². The molecule has 35 heavy (non-hydrogen) atoms. The van der Waals surface area contributed by atoms with Crippen molar-refractivity contribution in [3.05, 3.63) is 114 Å². The predicted octanol–water partition coefficient (Wildman–Crippen LogP) is 6.80. The fourth-order valence-electron chi connectivity index (χ4n) is 4.15. The van der Waals surface area contributed by atoms with Gasteiger partial charge in [-0.3, -0.25) is 0 Å². The third kappa shape index (κ3) is 5.28. The maximum absolute atomic E-state index is 14.2. The second-order valence-electron chi connectivity index (χ2n) is 8.58. The number of sulfonamides is 1. The van der Waals surface area contributed by atoms with Gasteiger partial charge in [0.25, 0.3) is 10.0 Å². The molecule has 6 heteroatoms. The zero-order valence-corrected chi connectivity index (χ0v) is 21.3. The molecule has 1 unspecified atom stereocenters. The molecule has 1 atom stereocenters. The molecule has 0 saturated heterocycles. The van der Waals surface area contributed by atoms with Crippen molar-refractivity contribution in [1.29, 1.82) is 0 Å². The van der Waals surface area contributed by atoms with Crippen LogP contribution in [-0.4, -0.2) is 19.8 Å². The number of hydrogen-bond acceptors (Lipinski definition) is 4. The van der Waals surface area contributed by atoms with Crippen LogP contribution in [-0.2, 0) is 10.0 Å². The van der Waals surface area contributed by atoms with Crippen molar-refractivity contribution in [2.45, 2.75) is 44.0 Å². The molecular formula is C29H32N2O3S. The quantitative estimate of drug-likeness (QED) is 0.327. The maximum Gasteiger partial charge on any atom is 0.266 e. The minimum atomic E-state index is -3.88. The molecule has 3 aromatic carbocycles. The van der Waals surface area contributed by atoms with Crippen molar-refractivity contribution in [1.82, 2.24) is 4.31 Å². The van der Waals surface area contributed by atoms with E-state index in [9.17, 15) is 8.42 Å². The lowest BCUT2D eigenvalue weighted by Gasteiger charge is -2.41. The largest absolute Gasteiger partial charge is 0.497 e. The molecule has 1 aliphatic heterocycles. The zero-order chi connectivity index (χ0) is 24.8. The fourth-order valence-corrected chi connectivity index (χ4v) is 5.75. The van der Waals surface area contributed by atoms with E-state index in [1.165, 1.54) is 0 Å². The molecule has 1 aliphatic rings. The Balaban J connectivity index is 1.90. The Labute approximate surface area is 209 Å². The number of aryl methyl sites for hydroxylation is 1. The Hall–Kier alpha value is -3.51. The SMILES string of the molecule is CCCC/C=C1/N(c2ccccc2)C=CC(c2ccc(OC)cc2)N1S(=O)(=O)c1ccc(C)cc1. The van der Waals surface area contributed by atoms with Crippen LogP contribution in [0.2, 0.25) is 0 Å². The Kier molecular flexibility index (Phi) is 7.61. The van der Waals surface area contributed by atoms with Crippen LogP contribution in [0.4, 0.5) is 5.69 Å². The van der Waals surface area contributed by atoms with Crippen LogP contribution in [0.1, 0.15) is 43.4 Å². The molecule has 0 amide bonds. The summed E-state index contributed by atoms with van der Waals surface area (Å²) in [6, 6.07) is 24.0. The van der Waals surface area contributed by atoms with Crippen molar-refractivity contribution in [2.75, 3.05) is 12.0 Å². The molecule has 0 bridgehead atoms. The van der Waals surface area contributed by atoms with Crippen LogP contribution >= 0.6 is 0 Å². The number of para-hydroxylation sites is 1. The molecule has 0 fully saturated rings. The van der Waals surface area contributed by atoms with Crippen LogP contribution in [0.3, 0.4) is 0 Å². The van der Waals surface area contributed by atoms with Gasteiger partial charge in [0, 0.05) is 11.9 Å². The summed E-state index contributed by atoms with van der Waals surface area (Å²) in [6.45, 7) is 4.09. The van der Waals surface area contributed by atoms with Gasteiger partial charge < -0.3 is 9.64 Å². The zero-order valence-electron chi connectivity index (χ0n) is 20.5. The summed E-state index contributed by atoms with van der Waals surface area (Å²) >= 11 is 0. The Bertz CT molecular complexity index is 1280. The summed E-state index contributed by atoms with van der Waals surface area (Å²) in [5.41, 5.74) is 2.79. The lowest BCUT2D eigenvalue weighted by Crippen LogP contribution is -2.42. The summed E-state index contributed by atoms with van der Waals surface area (Å²) in [7, 11) is -2.26. The van der Waals surface area contributed by atoms with Gasteiger partial charge in [0.15, 0.2) is 0 Å². The number of anilines is 1. The molecule has 3 aromatic rings. The van der Waals surface area contributed by atoms with E-state index in [2.05, 4.69) is 6.92 Å². The number of hydrogen-bond donors (Lipinski definition) is 0. The number of allylic oxidation sites excluding steroid dienone is 1. The van der Waals surface area contributed by atoms with Crippen LogP contribution in [0.15, 0.2) is 108 Å². The van der Waals surface area contributed by atoms with Gasteiger partial charge in [0.1, 0.15) is 11.6 Å². The van der Waals surface area contributed by atoms with Crippen LogP contribution in [0.5, 0.6) is 5.75 Å². The summed E-state index contributed by atoms with van der Waals surface area (Å²) < 4.78 is 35.3. The smallest absolute Gasteiger partial charge is 0.266 e. The van der Waals surface area contributed by atoms with Gasteiger partial charge in [0.2, 0.25) is 0 Å². The van der Waals surface area contributed by atoms with Crippen molar-refractivity contribution in [3.8, 4) is 5.75 Å². The normalized spacial score (nSPS) is 17.1. The number of unbranched alkanes of at least 4 members (excludes halogenated alkanes) is 2. The van der Waals surface area contributed by atoms with Crippen LogP contribution < -0.4 is 9.64 Å². The highest BCUT2D eigenvalue weighted by molar-refractivity contribution is 7.89. The minimum Gasteiger partial charge on any atom is -0.497 e. The number of rotatable bonds is 8. The average Bonchev–Trinajstić information content (AvgIpc) is 2.89. The van der Waals surface area contributed by atoms with Gasteiger partial charge in [-0.25, -0.2) is 12.7 Å². The van der Waals surface area contributed by atoms with Gasteiger partial charge in [-0.2, -0.15) is 0 Å². The molecule has 0 radical (unpaired) electrons. The molecule has 182 valence electrons. The fraction of sp³-hybridized carbons (Fsp3) is 0.241. The van der Waals surface area contributed by atoms with Gasteiger partial charge >= 0.3 is 0 Å². The van der Waals surface area contributed by atoms with E-state index >= 15 is 0 Å². The number of methoxy groups -OCH3 is 1. The summed E-state index contributed by atoms with van der Waals surface area (Å²) in [5.74, 6) is 1.36. The third-order valence-corrected chi connectivity index (χ3v) is 7.90. The Morgan fingerprint density at radius 2 is 1.63 bits per heavy atom. The summed E-state index contributed by atoms with van der Waals surface area (Å²) in [5, 5.41) is 0. The second kappa shape index (κ2) is 10.8. The second-order valence-corrected chi connectivity index (χ2v) is 10.4. The highest BCUT2D eigenvalue weighted by Gasteiger charge is 2.38. The number of benzene rings is 3. The van der Waals surface area contributed by atoms with Gasteiger partial charge in [-0.15, -0.1) is 0 Å². The molecule has 0 N–H and O–H groups in total. The molecule has 1 heterocycles. The first-order valence-corrected chi connectivity index (χ1v) is 13.4. The molecule has 0 aliphatic carbocycles. The summed E-state index contributed by atoms with van der Waals surface area (Å²) in [6.07, 6.45) is 8.74. The average molecular weight is 489 g/mol. The first kappa shape index (κ1) is 24.6. The Morgan fingerprint density at radius 3 is 2.26 bits per heavy atom. The van der Waals surface area contributed by atoms with E-state index in [1.807, 2.05) is 96.9 Å². The van der Waals surface area contributed by atoms with Crippen molar-refractivity contribution in [2.24, 2.45) is 0 Å². The summed E-state index contributed by atoms with van der Waals surface area (Å²) in [4.78, 5) is 2.23. The highest BCUT2D eigenvalue weighted by Crippen LogP contribution is 2.40. The van der Waals surface area contributed by atoms with E-state index in [0.717, 1.165) is 41.8 Å². The van der Waals surface area contributed by atoms with E-state index in [-0.39, 0.29) is 4.90 Å². The van der Waals surface area contributed by atoms with E-state index < -0.39 is 16.1 Å². The van der Waals surface area contributed by atoms with Crippen LogP contribution in [0.25, 0.3) is 0 Å². The third-order valence-electron chi connectivity index (χ3n) is 6.10. The molecule has 0 spiro atoms. The highest BCUT2D eigenvalue weighted by atomic mass is 32.2. The number of ether oxygens (including phenoxy) is 1. The van der Waals surface area contributed by atoms with E-state index in [1.54, 1.807) is 23.5 Å². The topological polar surface area (TPSA) is 49.9 Å². The monoisotopic (exact) mass is 488 g/mol. The first-order valence-electron chi connectivity index (χ1n) is 11.9. The van der Waals surface area contributed by atoms with Gasteiger partial charge in [0.05, 0.1) is 18.0 Å². The minimum absolute atomic E-state index is 0.270. The molecule has 0 aromatic heterocycles. The Morgan fingerprint density at radius 1 is 0.943 bits per heavy atom. The lowest BCUT2D eigenvalue weighted by molar-refractivity contribution is 0.408. The predicted molar refractivity (Wildman–Crippen MR) is 142 cm³/mol. The van der Waals surface area contributed by atoms with E-state index in [0.29, 0.717) is 5.82 Å². The molecule has 5 nitrogen and oxygen atoms in total. The maximum atomic E-state index is 14.2. The molecule has 4 rings (SSSR count). The van der Waals surface area contributed by atoms with Gasteiger partial charge in [-0.05, 0) is 73.9 Å². The van der Waals surface area contributed by atoms with E-state index in [4.69, 9.17) is 4.74 Å². The van der Waals surface area contributed by atoms with Gasteiger partial charge in [-0.1, -0.05) is 61.4 Å². The van der Waals surface area contributed by atoms with Crippen molar-refractivity contribution < 1.29 is 13.2 Å². The number of nitrogens with zero attached hydrogens (tertiary/aromatic N) is 2. The lowest BCUT2D eigenvalue weighted by atomic mass is 10.0. The van der Waals surface area contributed by atoms with Crippen LogP contribution in [0, 0.1) is 6.92 Å². The standard InChI is InChI=1S/C29H32N2O3S/c1-4-5-7-12-29-30(25-10-8-6-9-11-25)22-21-28(24-15-17-26(34-3)18-16-24)31(29)35(32,33)27-19-13-23(2)14-20-27/h6,8-22,28H,4-5,7H2,1-3H3/b29-12-.